The number of allylic oxidation sites excluding steroid dienone is 2. The van der Waals surface area contributed by atoms with Crippen molar-refractivity contribution in [1.82, 2.24) is 10.0 Å². The molecule has 1 aliphatic heterocycles. The Bertz CT molecular complexity index is 1540. The fourth-order valence-electron chi connectivity index (χ4n) is 5.36. The molecule has 4 atom stereocenters. The largest absolute Gasteiger partial charge is 0.497 e. The molecule has 10 nitrogen and oxygen atoms in total. The lowest BCUT2D eigenvalue weighted by molar-refractivity contribution is -0.384. The van der Waals surface area contributed by atoms with E-state index in [-0.39, 0.29) is 21.2 Å². The number of imide groups is 1. The molecular formula is C25H15Cl6N3O7. The van der Waals surface area contributed by atoms with Crippen LogP contribution in [0.3, 0.4) is 0 Å². The van der Waals surface area contributed by atoms with E-state index in [4.69, 9.17) is 74.3 Å². The van der Waals surface area contributed by atoms with Gasteiger partial charge in [0.25, 0.3) is 23.4 Å². The predicted octanol–water partition coefficient (Wildman–Crippen LogP) is 5.29. The van der Waals surface area contributed by atoms with Gasteiger partial charge in [0.15, 0.2) is 10.1 Å². The fraction of sp³-hybridized carbons (Fsp3) is 0.280. The van der Waals surface area contributed by atoms with Crippen LogP contribution in [0.2, 0.25) is 0 Å². The minimum absolute atomic E-state index is 0.109. The first-order valence-corrected chi connectivity index (χ1v) is 13.8. The summed E-state index contributed by atoms with van der Waals surface area (Å²) >= 11 is 39.2. The quantitative estimate of drug-likeness (QED) is 0.128. The number of alkyl halides is 4. The molecule has 2 fully saturated rings. The summed E-state index contributed by atoms with van der Waals surface area (Å²) in [5.74, 6) is -6.62. The van der Waals surface area contributed by atoms with Crippen LogP contribution in [0.1, 0.15) is 20.7 Å². The Morgan fingerprint density at radius 1 is 0.951 bits per heavy atom. The van der Waals surface area contributed by atoms with Gasteiger partial charge in [0, 0.05) is 23.3 Å². The van der Waals surface area contributed by atoms with E-state index in [1.54, 1.807) is 0 Å². The number of methoxy groups -OCH3 is 1. The van der Waals surface area contributed by atoms with Crippen LogP contribution in [0.15, 0.2) is 58.6 Å². The van der Waals surface area contributed by atoms with Gasteiger partial charge in [-0.3, -0.25) is 29.3 Å². The van der Waals surface area contributed by atoms with Crippen molar-refractivity contribution in [2.45, 2.75) is 14.1 Å². The van der Waals surface area contributed by atoms with Crippen LogP contribution in [-0.4, -0.2) is 66.2 Å². The Balaban J connectivity index is 1.60. The number of fused-ring (bicyclic) bond motifs is 5. The van der Waals surface area contributed by atoms with Crippen molar-refractivity contribution in [2.24, 2.45) is 11.8 Å². The van der Waals surface area contributed by atoms with Crippen molar-refractivity contribution in [3.63, 3.8) is 0 Å². The van der Waals surface area contributed by atoms with Crippen LogP contribution in [0.5, 0.6) is 5.75 Å². The number of hydrazine groups is 1. The van der Waals surface area contributed by atoms with E-state index >= 15 is 0 Å². The third kappa shape index (κ3) is 3.92. The Kier molecular flexibility index (Phi) is 7.29. The average Bonchev–Trinajstić information content (AvgIpc) is 3.34. The van der Waals surface area contributed by atoms with Gasteiger partial charge in [0.1, 0.15) is 22.0 Å². The van der Waals surface area contributed by atoms with Crippen LogP contribution in [0, 0.1) is 22.0 Å². The number of hydrogen-bond acceptors (Lipinski definition) is 7. The highest BCUT2D eigenvalue weighted by Gasteiger charge is 2.88. The maximum absolute atomic E-state index is 13.9. The Morgan fingerprint density at radius 2 is 1.49 bits per heavy atom. The van der Waals surface area contributed by atoms with Gasteiger partial charge in [0.05, 0.1) is 33.9 Å². The van der Waals surface area contributed by atoms with Crippen molar-refractivity contribution in [2.75, 3.05) is 13.7 Å². The lowest BCUT2D eigenvalue weighted by Crippen LogP contribution is -2.56. The van der Waals surface area contributed by atoms with Gasteiger partial charge in [-0.1, -0.05) is 52.5 Å². The molecule has 2 aromatic rings. The van der Waals surface area contributed by atoms with E-state index in [2.05, 4.69) is 0 Å². The molecule has 16 heteroatoms. The van der Waals surface area contributed by atoms with Crippen LogP contribution < -0.4 is 4.74 Å². The SMILES string of the molecule is COc1ccc(C(=O)CN(C(=O)c2cccc([N+](=O)[O-])c2)N2C(=O)[C@@H]3[C@H](C2=O)[C@@]2(Cl)C(Cl)=C(Cl)[C@@]3(Cl)C2(Cl)Cl)cc1. The zero-order chi connectivity index (χ0) is 30.2. The lowest BCUT2D eigenvalue weighted by atomic mass is 9.84. The molecule has 1 heterocycles. The van der Waals surface area contributed by atoms with Crippen molar-refractivity contribution in [1.29, 1.82) is 0 Å². The number of Topliss-reactive ketones (excluding diaryl/α,β-unsaturated/α-hetero) is 1. The van der Waals surface area contributed by atoms with Crippen LogP contribution in [0.25, 0.3) is 0 Å². The third-order valence-corrected chi connectivity index (χ3v) is 11.6. The Labute approximate surface area is 261 Å². The number of ketones is 1. The average molecular weight is 682 g/mol. The smallest absolute Gasteiger partial charge is 0.273 e. The van der Waals surface area contributed by atoms with E-state index in [9.17, 15) is 29.3 Å². The monoisotopic (exact) mass is 679 g/mol. The molecule has 0 spiro atoms. The minimum atomic E-state index is -2.21. The molecule has 3 amide bonds. The van der Waals surface area contributed by atoms with Gasteiger partial charge >= 0.3 is 0 Å². The molecule has 214 valence electrons. The summed E-state index contributed by atoms with van der Waals surface area (Å²) in [6.07, 6.45) is 0. The maximum Gasteiger partial charge on any atom is 0.273 e. The van der Waals surface area contributed by atoms with E-state index in [1.165, 1.54) is 43.5 Å². The molecule has 2 aromatic carbocycles. The summed E-state index contributed by atoms with van der Waals surface area (Å²) in [5, 5.41) is 11.7. The molecule has 3 aliphatic rings. The van der Waals surface area contributed by atoms with Gasteiger partial charge in [-0.05, 0) is 30.3 Å². The number of amides is 3. The zero-order valence-corrected chi connectivity index (χ0v) is 25.0. The van der Waals surface area contributed by atoms with Crippen molar-refractivity contribution < 1.29 is 28.8 Å². The second kappa shape index (κ2) is 10.00. The maximum atomic E-state index is 13.9. The summed E-state index contributed by atoms with van der Waals surface area (Å²) in [4.78, 5) is 61.2. The third-order valence-electron chi connectivity index (χ3n) is 7.37. The zero-order valence-electron chi connectivity index (χ0n) is 20.4. The standard InChI is InChI=1S/C25H15Cl6N3O7/c1-41-14-7-5-11(6-8-14)15(35)10-32(20(36)12-3-2-4-13(9-12)34(39)40)33-21(37)16-17(22(33)38)24(29)19(27)18(26)23(16,28)25(24,30)31/h2-9,16-17H,10H2,1H3/t16-,17+,23-,24-/m1/s1. The number of rotatable bonds is 7. The number of nitro groups is 1. The summed E-state index contributed by atoms with van der Waals surface area (Å²) in [7, 11) is 1.43. The van der Waals surface area contributed by atoms with Gasteiger partial charge in [-0.25, -0.2) is 5.01 Å². The van der Waals surface area contributed by atoms with E-state index in [1.807, 2.05) is 0 Å². The van der Waals surface area contributed by atoms with Gasteiger partial charge < -0.3 is 4.74 Å². The first-order chi connectivity index (χ1) is 19.1. The number of carbonyl (C=O) groups is 4. The normalized spacial score (nSPS) is 27.7. The summed E-state index contributed by atoms with van der Waals surface area (Å²) < 4.78 is 2.88. The topological polar surface area (TPSA) is 127 Å². The number of halogens is 6. The van der Waals surface area contributed by atoms with Crippen LogP contribution >= 0.6 is 69.6 Å². The molecule has 5 rings (SSSR count). The number of carbonyl (C=O) groups excluding carboxylic acids is 4. The van der Waals surface area contributed by atoms with Crippen molar-refractivity contribution in [3.05, 3.63) is 79.8 Å². The second-order valence-corrected chi connectivity index (χ2v) is 12.7. The highest BCUT2D eigenvalue weighted by atomic mass is 35.5. The Morgan fingerprint density at radius 3 is 1.98 bits per heavy atom. The summed E-state index contributed by atoms with van der Waals surface area (Å²) in [6.45, 7) is -0.836. The highest BCUT2D eigenvalue weighted by molar-refractivity contribution is 6.66. The van der Waals surface area contributed by atoms with Crippen LogP contribution in [0.4, 0.5) is 5.69 Å². The minimum Gasteiger partial charge on any atom is -0.497 e. The molecule has 2 bridgehead atoms. The molecule has 0 radical (unpaired) electrons. The molecule has 0 unspecified atom stereocenters. The van der Waals surface area contributed by atoms with E-state index < -0.39 is 66.6 Å². The van der Waals surface area contributed by atoms with E-state index in [0.717, 1.165) is 12.1 Å². The van der Waals surface area contributed by atoms with Gasteiger partial charge in [-0.2, -0.15) is 5.01 Å². The lowest BCUT2D eigenvalue weighted by Gasteiger charge is -2.36. The number of benzene rings is 2. The number of ether oxygens (including phenoxy) is 1. The first kappa shape index (κ1) is 29.9. The molecule has 1 saturated heterocycles. The van der Waals surface area contributed by atoms with Crippen molar-refractivity contribution >= 4 is 98.8 Å². The fourth-order valence-corrected chi connectivity index (χ4v) is 8.29. The first-order valence-electron chi connectivity index (χ1n) is 11.6. The highest BCUT2D eigenvalue weighted by Crippen LogP contribution is 2.77. The molecule has 1 saturated carbocycles. The van der Waals surface area contributed by atoms with Gasteiger partial charge in [0.2, 0.25) is 0 Å². The number of non-ortho nitro benzene ring substituents is 1. The summed E-state index contributed by atoms with van der Waals surface area (Å²) in [5.41, 5.74) is -0.623. The summed E-state index contributed by atoms with van der Waals surface area (Å²) in [6, 6.07) is 10.4. The molecule has 0 N–H and O–H groups in total. The molecule has 2 aliphatic carbocycles. The number of nitro benzene ring substituents is 1. The predicted molar refractivity (Wildman–Crippen MR) is 151 cm³/mol. The second-order valence-electron chi connectivity index (χ2n) is 9.39. The molecule has 0 aromatic heterocycles. The van der Waals surface area contributed by atoms with Crippen LogP contribution in [-0.2, 0) is 9.59 Å². The molecule has 41 heavy (non-hydrogen) atoms. The van der Waals surface area contributed by atoms with Crippen molar-refractivity contribution in [3.8, 4) is 5.75 Å². The number of hydrogen-bond donors (Lipinski definition) is 0. The van der Waals surface area contributed by atoms with E-state index in [0.29, 0.717) is 15.8 Å². The van der Waals surface area contributed by atoms with Gasteiger partial charge in [-0.15, -0.1) is 23.2 Å². The Hall–Kier alpha value is -2.60. The number of nitrogens with zero attached hydrogens (tertiary/aromatic N) is 3. The molecular weight excluding hydrogens is 667 g/mol.